The Bertz CT molecular complexity index is 750. The van der Waals surface area contributed by atoms with Gasteiger partial charge in [-0.15, -0.1) is 0 Å². The molecule has 1 aliphatic heterocycles. The van der Waals surface area contributed by atoms with E-state index in [2.05, 4.69) is 49.1 Å². The van der Waals surface area contributed by atoms with Gasteiger partial charge in [-0.05, 0) is 74.2 Å². The smallest absolute Gasteiger partial charge is 0.254 e. The summed E-state index contributed by atoms with van der Waals surface area (Å²) in [5.41, 5.74) is 0.670. The van der Waals surface area contributed by atoms with Crippen LogP contribution in [0.15, 0.2) is 38.3 Å². The van der Waals surface area contributed by atoms with Crippen molar-refractivity contribution in [3.05, 3.63) is 38.8 Å². The van der Waals surface area contributed by atoms with Crippen LogP contribution in [0.1, 0.15) is 18.4 Å². The number of halogens is 2. The van der Waals surface area contributed by atoms with Gasteiger partial charge in [-0.25, -0.2) is 0 Å². The highest BCUT2D eigenvalue weighted by Crippen LogP contribution is 2.49. The molecule has 1 saturated carbocycles. The molecule has 5 nitrogen and oxygen atoms in total. The Kier molecular flexibility index (Phi) is 3.88. The molecule has 2 amide bonds. The molecule has 24 heavy (non-hydrogen) atoms. The predicted molar refractivity (Wildman–Crippen MR) is 95.3 cm³/mol. The Hall–Kier alpha value is -1.47. The maximum Gasteiger partial charge on any atom is 0.254 e. The van der Waals surface area contributed by atoms with E-state index in [9.17, 15) is 14.7 Å². The number of hydrogen-bond acceptors (Lipinski definition) is 4. The SMILES string of the molecule is O=C1[C@@H]2[C@@H](C(=O)N1/N=C\c1cc(Br)c(O)c(Br)c1)[C@H]1C=C[C@H]2CC1. The van der Waals surface area contributed by atoms with Gasteiger partial charge in [0.05, 0.1) is 27.0 Å². The Morgan fingerprint density at radius 3 is 2.00 bits per heavy atom. The first-order valence-electron chi connectivity index (χ1n) is 7.75. The fourth-order valence-electron chi connectivity index (χ4n) is 3.96. The number of hydrogen-bond donors (Lipinski definition) is 1. The molecule has 0 radical (unpaired) electrons. The minimum Gasteiger partial charge on any atom is -0.506 e. The highest BCUT2D eigenvalue weighted by atomic mass is 79.9. The fourth-order valence-corrected chi connectivity index (χ4v) is 5.18. The van der Waals surface area contributed by atoms with Crippen LogP contribution in [0, 0.1) is 23.7 Å². The third kappa shape index (κ3) is 2.37. The zero-order valence-corrected chi connectivity index (χ0v) is 15.7. The van der Waals surface area contributed by atoms with Crippen LogP contribution in [0.2, 0.25) is 0 Å². The van der Waals surface area contributed by atoms with E-state index in [0.29, 0.717) is 14.5 Å². The van der Waals surface area contributed by atoms with Crippen LogP contribution < -0.4 is 0 Å². The molecule has 1 heterocycles. The maximum atomic E-state index is 12.6. The number of benzene rings is 1. The Morgan fingerprint density at radius 2 is 1.54 bits per heavy atom. The van der Waals surface area contributed by atoms with Crippen LogP contribution in [-0.4, -0.2) is 28.1 Å². The second-order valence-corrected chi connectivity index (χ2v) is 8.12. The number of imide groups is 1. The molecule has 0 unspecified atom stereocenters. The van der Waals surface area contributed by atoms with Gasteiger partial charge in [-0.2, -0.15) is 10.1 Å². The molecule has 0 aromatic heterocycles. The average molecular weight is 454 g/mol. The summed E-state index contributed by atoms with van der Waals surface area (Å²) in [6.45, 7) is 0. The molecule has 2 bridgehead atoms. The molecule has 3 aliphatic carbocycles. The predicted octanol–water partition coefficient (Wildman–Crippen LogP) is 3.45. The number of phenolic OH excluding ortho intramolecular Hbond substituents is 1. The third-order valence-electron chi connectivity index (χ3n) is 5.10. The lowest BCUT2D eigenvalue weighted by Gasteiger charge is -2.37. The molecular weight excluding hydrogens is 440 g/mol. The van der Waals surface area contributed by atoms with Gasteiger partial charge in [-0.3, -0.25) is 9.59 Å². The quantitative estimate of drug-likeness (QED) is 0.423. The maximum absolute atomic E-state index is 12.6. The standard InChI is InChI=1S/C17H14Br2N2O3/c18-11-5-8(6-12(19)15(11)22)7-20-21-16(23)13-9-1-2-10(4-3-9)14(13)17(21)24/h1-2,5-7,9-10,13-14,22H,3-4H2/b20-7-/t9-,10-,13-,14-/m0/s1. The number of phenols is 1. The Balaban J connectivity index is 1.62. The number of hydrazone groups is 1. The largest absolute Gasteiger partial charge is 0.506 e. The third-order valence-corrected chi connectivity index (χ3v) is 6.31. The van der Waals surface area contributed by atoms with Crippen LogP contribution in [0.25, 0.3) is 0 Å². The number of aromatic hydroxyl groups is 1. The number of carbonyl (C=O) groups is 2. The van der Waals surface area contributed by atoms with Crippen molar-refractivity contribution in [1.29, 1.82) is 0 Å². The highest BCUT2D eigenvalue weighted by Gasteiger charge is 2.56. The number of allylic oxidation sites excluding steroid dienone is 2. The van der Waals surface area contributed by atoms with Gasteiger partial charge in [0.25, 0.3) is 11.8 Å². The van der Waals surface area contributed by atoms with E-state index in [0.717, 1.165) is 17.9 Å². The monoisotopic (exact) mass is 452 g/mol. The summed E-state index contributed by atoms with van der Waals surface area (Å²) < 4.78 is 1.02. The fraction of sp³-hybridized carbons (Fsp3) is 0.353. The van der Waals surface area contributed by atoms with Gasteiger partial charge in [0, 0.05) is 0 Å². The van der Waals surface area contributed by atoms with Crippen molar-refractivity contribution < 1.29 is 14.7 Å². The van der Waals surface area contributed by atoms with E-state index < -0.39 is 0 Å². The normalized spacial score (nSPS) is 31.3. The van der Waals surface area contributed by atoms with Gasteiger partial charge in [0.1, 0.15) is 5.75 Å². The second kappa shape index (κ2) is 5.81. The van der Waals surface area contributed by atoms with E-state index in [-0.39, 0.29) is 41.2 Å². The van der Waals surface area contributed by atoms with Gasteiger partial charge >= 0.3 is 0 Å². The van der Waals surface area contributed by atoms with Crippen LogP contribution in [0.5, 0.6) is 5.75 Å². The minimum absolute atomic E-state index is 0.0918. The first kappa shape index (κ1) is 16.0. The summed E-state index contributed by atoms with van der Waals surface area (Å²) in [5, 5.41) is 14.9. The van der Waals surface area contributed by atoms with Crippen LogP contribution >= 0.6 is 31.9 Å². The molecule has 5 rings (SSSR count). The van der Waals surface area contributed by atoms with Crippen molar-refractivity contribution in [2.24, 2.45) is 28.8 Å². The first-order valence-corrected chi connectivity index (χ1v) is 9.34. The molecule has 124 valence electrons. The van der Waals surface area contributed by atoms with Crippen LogP contribution in [0.3, 0.4) is 0 Å². The lowest BCUT2D eigenvalue weighted by molar-refractivity contribution is -0.140. The van der Waals surface area contributed by atoms with Gasteiger partial charge in [0.2, 0.25) is 0 Å². The number of amides is 2. The summed E-state index contributed by atoms with van der Waals surface area (Å²) in [4.78, 5) is 25.3. The van der Waals surface area contributed by atoms with Crippen LogP contribution in [0.4, 0.5) is 0 Å². The number of rotatable bonds is 2. The molecule has 0 spiro atoms. The van der Waals surface area contributed by atoms with Gasteiger partial charge in [-0.1, -0.05) is 12.2 Å². The van der Waals surface area contributed by atoms with Crippen molar-refractivity contribution in [2.75, 3.05) is 0 Å². The van der Waals surface area contributed by atoms with E-state index >= 15 is 0 Å². The summed E-state index contributed by atoms with van der Waals surface area (Å²) in [6.07, 6.45) is 7.58. The van der Waals surface area contributed by atoms with Crippen molar-refractivity contribution in [3.8, 4) is 5.75 Å². The molecule has 1 aromatic rings. The Labute approximate surface area is 155 Å². The molecule has 2 fully saturated rings. The first-order chi connectivity index (χ1) is 11.5. The lowest BCUT2D eigenvalue weighted by atomic mass is 9.63. The molecule has 1 saturated heterocycles. The lowest BCUT2D eigenvalue weighted by Crippen LogP contribution is -2.38. The molecular formula is C17H14Br2N2O3. The number of fused-ring (bicyclic) bond motifs is 1. The van der Waals surface area contributed by atoms with Gasteiger partial charge in [0.15, 0.2) is 0 Å². The highest BCUT2D eigenvalue weighted by molar-refractivity contribution is 9.11. The summed E-state index contributed by atoms with van der Waals surface area (Å²) in [7, 11) is 0. The number of carbonyl (C=O) groups excluding carboxylic acids is 2. The Morgan fingerprint density at radius 1 is 1.04 bits per heavy atom. The molecule has 4 aliphatic rings. The van der Waals surface area contributed by atoms with Crippen LogP contribution in [-0.2, 0) is 9.59 Å². The average Bonchev–Trinajstić information content (AvgIpc) is 2.85. The second-order valence-electron chi connectivity index (χ2n) is 6.41. The topological polar surface area (TPSA) is 70.0 Å². The molecule has 4 atom stereocenters. The van der Waals surface area contributed by atoms with E-state index in [1.54, 1.807) is 12.1 Å². The zero-order chi connectivity index (χ0) is 17.0. The van der Waals surface area contributed by atoms with Crippen molar-refractivity contribution in [1.82, 2.24) is 5.01 Å². The van der Waals surface area contributed by atoms with Crippen molar-refractivity contribution in [3.63, 3.8) is 0 Å². The van der Waals surface area contributed by atoms with E-state index in [4.69, 9.17) is 0 Å². The summed E-state index contributed by atoms with van der Waals surface area (Å²) in [6, 6.07) is 3.35. The zero-order valence-electron chi connectivity index (χ0n) is 12.5. The van der Waals surface area contributed by atoms with Crippen molar-refractivity contribution in [2.45, 2.75) is 12.8 Å². The summed E-state index contributed by atoms with van der Waals surface area (Å²) in [5.74, 6) is -0.487. The number of nitrogens with zero attached hydrogens (tertiary/aromatic N) is 2. The molecule has 1 aromatic carbocycles. The van der Waals surface area contributed by atoms with E-state index in [1.807, 2.05) is 0 Å². The summed E-state index contributed by atoms with van der Waals surface area (Å²) >= 11 is 6.50. The van der Waals surface area contributed by atoms with E-state index in [1.165, 1.54) is 6.21 Å². The van der Waals surface area contributed by atoms with Gasteiger partial charge < -0.3 is 5.11 Å². The molecule has 1 N–H and O–H groups in total. The minimum atomic E-state index is -0.253. The van der Waals surface area contributed by atoms with Crippen molar-refractivity contribution >= 4 is 49.9 Å². The molecule has 7 heteroatoms.